The Morgan fingerprint density at radius 1 is 1.22 bits per heavy atom. The van der Waals surface area contributed by atoms with Gasteiger partial charge in [0.1, 0.15) is 0 Å². The van der Waals surface area contributed by atoms with Crippen LogP contribution in [0.15, 0.2) is 0 Å². The highest BCUT2D eigenvalue weighted by atomic mass is 16.5. The summed E-state index contributed by atoms with van der Waals surface area (Å²) in [5.41, 5.74) is 0.0775. The molecular weight excluding hydrogens is 230 g/mol. The summed E-state index contributed by atoms with van der Waals surface area (Å²) in [5.74, 6) is 0.125. The van der Waals surface area contributed by atoms with Gasteiger partial charge in [0, 0.05) is 44.7 Å². The highest BCUT2D eigenvalue weighted by molar-refractivity contribution is 5.76. The van der Waals surface area contributed by atoms with Crippen LogP contribution in [0.5, 0.6) is 0 Å². The summed E-state index contributed by atoms with van der Waals surface area (Å²) in [6, 6.07) is 0. The maximum atomic E-state index is 11.6. The largest absolute Gasteiger partial charge is 0.379 e. The van der Waals surface area contributed by atoms with Gasteiger partial charge in [-0.15, -0.1) is 0 Å². The topological polar surface area (TPSA) is 53.6 Å². The van der Waals surface area contributed by atoms with Crippen LogP contribution in [-0.4, -0.2) is 62.3 Å². The van der Waals surface area contributed by atoms with Gasteiger partial charge in [0.15, 0.2) is 0 Å². The van der Waals surface area contributed by atoms with Crippen LogP contribution >= 0.6 is 0 Å². The molecule has 0 aromatic carbocycles. The van der Waals surface area contributed by atoms with Crippen LogP contribution in [0.4, 0.5) is 0 Å². The Morgan fingerprint density at radius 3 is 2.50 bits per heavy atom. The SMILES string of the molecule is CC(C)(C)NCCC(=O)NCCN1CCOCC1. The second-order valence-electron chi connectivity index (χ2n) is 5.73. The molecule has 18 heavy (non-hydrogen) atoms. The normalized spacial score (nSPS) is 17.7. The monoisotopic (exact) mass is 257 g/mol. The van der Waals surface area contributed by atoms with Crippen molar-refractivity contribution in [3.05, 3.63) is 0 Å². The zero-order chi connectivity index (χ0) is 13.4. The van der Waals surface area contributed by atoms with Crippen LogP contribution in [0.25, 0.3) is 0 Å². The first-order valence-corrected chi connectivity index (χ1v) is 6.79. The molecule has 0 aromatic heterocycles. The number of hydrogen-bond donors (Lipinski definition) is 2. The van der Waals surface area contributed by atoms with Crippen LogP contribution in [0, 0.1) is 0 Å². The summed E-state index contributed by atoms with van der Waals surface area (Å²) in [4.78, 5) is 13.9. The quantitative estimate of drug-likeness (QED) is 0.714. The van der Waals surface area contributed by atoms with Crippen molar-refractivity contribution in [2.24, 2.45) is 0 Å². The Bertz CT molecular complexity index is 245. The number of ether oxygens (including phenoxy) is 1. The van der Waals surface area contributed by atoms with Crippen LogP contribution in [0.2, 0.25) is 0 Å². The summed E-state index contributed by atoms with van der Waals surface area (Å²) in [6.45, 7) is 12.2. The van der Waals surface area contributed by atoms with E-state index in [4.69, 9.17) is 4.74 Å². The first-order valence-electron chi connectivity index (χ1n) is 6.79. The van der Waals surface area contributed by atoms with Gasteiger partial charge in [-0.1, -0.05) is 0 Å². The number of morpholine rings is 1. The van der Waals surface area contributed by atoms with E-state index in [2.05, 4.69) is 36.3 Å². The first-order chi connectivity index (χ1) is 8.47. The van der Waals surface area contributed by atoms with Gasteiger partial charge in [-0.05, 0) is 20.8 Å². The number of hydrogen-bond acceptors (Lipinski definition) is 4. The van der Waals surface area contributed by atoms with Crippen molar-refractivity contribution in [3.8, 4) is 0 Å². The van der Waals surface area contributed by atoms with E-state index in [1.165, 1.54) is 0 Å². The van der Waals surface area contributed by atoms with Crippen molar-refractivity contribution in [1.82, 2.24) is 15.5 Å². The highest BCUT2D eigenvalue weighted by Crippen LogP contribution is 1.98. The number of nitrogens with zero attached hydrogens (tertiary/aromatic N) is 1. The van der Waals surface area contributed by atoms with E-state index in [0.717, 1.165) is 45.9 Å². The van der Waals surface area contributed by atoms with E-state index < -0.39 is 0 Å². The molecule has 0 atom stereocenters. The Morgan fingerprint density at radius 2 is 1.89 bits per heavy atom. The zero-order valence-corrected chi connectivity index (χ0v) is 11.9. The van der Waals surface area contributed by atoms with Gasteiger partial charge < -0.3 is 15.4 Å². The molecule has 0 radical (unpaired) electrons. The molecule has 106 valence electrons. The average molecular weight is 257 g/mol. The molecule has 1 rings (SSSR count). The van der Waals surface area contributed by atoms with E-state index in [1.54, 1.807) is 0 Å². The predicted molar refractivity (Wildman–Crippen MR) is 72.6 cm³/mol. The lowest BCUT2D eigenvalue weighted by atomic mass is 10.1. The van der Waals surface area contributed by atoms with Gasteiger partial charge in [0.2, 0.25) is 5.91 Å². The molecule has 1 amide bonds. The van der Waals surface area contributed by atoms with Crippen molar-refractivity contribution < 1.29 is 9.53 Å². The molecule has 2 N–H and O–H groups in total. The molecule has 5 nitrogen and oxygen atoms in total. The van der Waals surface area contributed by atoms with Crippen LogP contribution < -0.4 is 10.6 Å². The lowest BCUT2D eigenvalue weighted by molar-refractivity contribution is -0.121. The van der Waals surface area contributed by atoms with Crippen molar-refractivity contribution in [2.45, 2.75) is 32.7 Å². The third-order valence-electron chi connectivity index (χ3n) is 2.86. The smallest absolute Gasteiger partial charge is 0.221 e. The lowest BCUT2D eigenvalue weighted by Gasteiger charge is -2.26. The van der Waals surface area contributed by atoms with Crippen LogP contribution in [-0.2, 0) is 9.53 Å². The van der Waals surface area contributed by atoms with Gasteiger partial charge in [0.05, 0.1) is 13.2 Å². The first kappa shape index (κ1) is 15.4. The van der Waals surface area contributed by atoms with Crippen molar-refractivity contribution in [2.75, 3.05) is 45.9 Å². The second kappa shape index (κ2) is 7.71. The fourth-order valence-corrected chi connectivity index (χ4v) is 1.82. The van der Waals surface area contributed by atoms with E-state index in [9.17, 15) is 4.79 Å². The number of rotatable bonds is 6. The number of carbonyl (C=O) groups excluding carboxylic acids is 1. The summed E-state index contributed by atoms with van der Waals surface area (Å²) in [7, 11) is 0. The van der Waals surface area contributed by atoms with Crippen LogP contribution in [0.1, 0.15) is 27.2 Å². The maximum Gasteiger partial charge on any atom is 0.221 e. The molecule has 0 aliphatic carbocycles. The third-order valence-corrected chi connectivity index (χ3v) is 2.86. The number of nitrogens with one attached hydrogen (secondary N) is 2. The molecule has 1 heterocycles. The highest BCUT2D eigenvalue weighted by Gasteiger charge is 2.11. The standard InChI is InChI=1S/C13H27N3O2/c1-13(2,3)15-5-4-12(17)14-6-7-16-8-10-18-11-9-16/h15H,4-11H2,1-3H3,(H,14,17). The van der Waals surface area contributed by atoms with E-state index >= 15 is 0 Å². The molecular formula is C13H27N3O2. The minimum Gasteiger partial charge on any atom is -0.379 e. The molecule has 0 spiro atoms. The van der Waals surface area contributed by atoms with Crippen LogP contribution in [0.3, 0.4) is 0 Å². The van der Waals surface area contributed by atoms with Gasteiger partial charge in [0.25, 0.3) is 0 Å². The molecule has 0 saturated carbocycles. The lowest BCUT2D eigenvalue weighted by Crippen LogP contribution is -2.42. The Hall–Kier alpha value is -0.650. The molecule has 0 unspecified atom stereocenters. The summed E-state index contributed by atoms with van der Waals surface area (Å²) in [5, 5.41) is 6.26. The van der Waals surface area contributed by atoms with E-state index in [-0.39, 0.29) is 11.4 Å². The van der Waals surface area contributed by atoms with Crippen molar-refractivity contribution in [1.29, 1.82) is 0 Å². The summed E-state index contributed by atoms with van der Waals surface area (Å²) >= 11 is 0. The minimum absolute atomic E-state index is 0.0775. The second-order valence-corrected chi connectivity index (χ2v) is 5.73. The Labute approximate surface area is 110 Å². The Kier molecular flexibility index (Phi) is 6.60. The minimum atomic E-state index is 0.0775. The fraction of sp³-hybridized carbons (Fsp3) is 0.923. The number of amides is 1. The summed E-state index contributed by atoms with van der Waals surface area (Å²) in [6.07, 6.45) is 0.542. The molecule has 0 bridgehead atoms. The molecule has 5 heteroatoms. The molecule has 1 fully saturated rings. The molecule has 1 saturated heterocycles. The van der Waals surface area contributed by atoms with Crippen molar-refractivity contribution >= 4 is 5.91 Å². The zero-order valence-electron chi connectivity index (χ0n) is 11.9. The third kappa shape index (κ3) is 7.63. The molecule has 1 aliphatic rings. The predicted octanol–water partition coefficient (Wildman–Crippen LogP) is 0.213. The van der Waals surface area contributed by atoms with Gasteiger partial charge in [-0.25, -0.2) is 0 Å². The fourth-order valence-electron chi connectivity index (χ4n) is 1.82. The number of carbonyl (C=O) groups is 1. The molecule has 0 aromatic rings. The van der Waals surface area contributed by atoms with E-state index in [1.807, 2.05) is 0 Å². The van der Waals surface area contributed by atoms with Gasteiger partial charge in [-0.2, -0.15) is 0 Å². The van der Waals surface area contributed by atoms with E-state index in [0.29, 0.717) is 6.42 Å². The average Bonchev–Trinajstić information content (AvgIpc) is 2.28. The van der Waals surface area contributed by atoms with Gasteiger partial charge >= 0.3 is 0 Å². The summed E-state index contributed by atoms with van der Waals surface area (Å²) < 4.78 is 5.27. The molecule has 1 aliphatic heterocycles. The maximum absolute atomic E-state index is 11.6. The Balaban J connectivity index is 1.99. The van der Waals surface area contributed by atoms with Gasteiger partial charge in [-0.3, -0.25) is 9.69 Å². The van der Waals surface area contributed by atoms with Crippen molar-refractivity contribution in [3.63, 3.8) is 0 Å².